The minimum Gasteiger partial charge on any atom is -0.479 e. The molecule has 4 rings (SSSR count). The topological polar surface area (TPSA) is 130 Å². The van der Waals surface area contributed by atoms with Crippen LogP contribution in [0.4, 0.5) is 4.39 Å². The number of fused-ring (bicyclic) bond motifs is 2. The summed E-state index contributed by atoms with van der Waals surface area (Å²) in [5.74, 6) is 0.324. The van der Waals surface area contributed by atoms with Crippen molar-refractivity contribution in [2.24, 2.45) is 20.7 Å². The number of halogens is 1. The Kier molecular flexibility index (Phi) is 5.19. The van der Waals surface area contributed by atoms with Crippen LogP contribution >= 0.6 is 7.82 Å². The SMILES string of the molecule is CCOC1=NC(N)=NC2C1N=CN2[C@@H]1O[C@@H]2CO[P@@](=O)(OC(C)C)O[C@H]2[C@@]1(C)F. The molecule has 0 aromatic carbocycles. The highest BCUT2D eigenvalue weighted by Gasteiger charge is 2.64. The monoisotopic (exact) mass is 433 g/mol. The van der Waals surface area contributed by atoms with E-state index in [9.17, 15) is 4.57 Å². The van der Waals surface area contributed by atoms with Crippen molar-refractivity contribution in [1.29, 1.82) is 0 Å². The summed E-state index contributed by atoms with van der Waals surface area (Å²) in [4.78, 5) is 14.2. The number of nitrogens with two attached hydrogens (primary N) is 1. The van der Waals surface area contributed by atoms with Crippen LogP contribution in [0.2, 0.25) is 0 Å². The molecule has 0 aliphatic carbocycles. The van der Waals surface area contributed by atoms with Gasteiger partial charge < -0.3 is 20.1 Å². The summed E-state index contributed by atoms with van der Waals surface area (Å²) < 4.78 is 56.0. The summed E-state index contributed by atoms with van der Waals surface area (Å²) in [6.45, 7) is 6.76. The molecule has 0 aromatic heterocycles. The number of ether oxygens (including phenoxy) is 2. The van der Waals surface area contributed by atoms with E-state index in [-0.39, 0.29) is 12.6 Å². The summed E-state index contributed by atoms with van der Waals surface area (Å²) >= 11 is 0. The Morgan fingerprint density at radius 3 is 2.97 bits per heavy atom. The Morgan fingerprint density at radius 1 is 1.52 bits per heavy atom. The van der Waals surface area contributed by atoms with Gasteiger partial charge in [0.25, 0.3) is 0 Å². The summed E-state index contributed by atoms with van der Waals surface area (Å²) in [7, 11) is -3.89. The van der Waals surface area contributed by atoms with Crippen molar-refractivity contribution in [3.63, 3.8) is 0 Å². The molecule has 7 atom stereocenters. The first-order chi connectivity index (χ1) is 13.6. The third-order valence-electron chi connectivity index (χ3n) is 4.91. The average molecular weight is 433 g/mol. The van der Waals surface area contributed by atoms with Gasteiger partial charge in [0.2, 0.25) is 11.9 Å². The zero-order valence-electron chi connectivity index (χ0n) is 16.6. The third kappa shape index (κ3) is 3.57. The minimum absolute atomic E-state index is 0.00981. The van der Waals surface area contributed by atoms with Crippen LogP contribution in [0.15, 0.2) is 15.0 Å². The number of phosphoric ester groups is 1. The van der Waals surface area contributed by atoms with Crippen LogP contribution < -0.4 is 5.73 Å². The molecule has 2 fully saturated rings. The van der Waals surface area contributed by atoms with Crippen LogP contribution in [-0.4, -0.2) is 78.7 Å². The van der Waals surface area contributed by atoms with Gasteiger partial charge in [-0.05, 0) is 27.7 Å². The maximum Gasteiger partial charge on any atom is 0.475 e. The Balaban J connectivity index is 1.56. The van der Waals surface area contributed by atoms with E-state index in [2.05, 4.69) is 15.0 Å². The molecule has 0 saturated carbocycles. The van der Waals surface area contributed by atoms with Gasteiger partial charge >= 0.3 is 7.82 Å². The van der Waals surface area contributed by atoms with E-state index >= 15 is 4.39 Å². The number of alkyl halides is 1. The smallest absolute Gasteiger partial charge is 0.475 e. The number of rotatable bonds is 4. The van der Waals surface area contributed by atoms with Crippen LogP contribution in [0.5, 0.6) is 0 Å². The standard InChI is InChI=1S/C16H25FN5O6P/c1-5-24-13-10-12(20-15(18)21-13)22(7-19-10)14-16(4,17)11-9(26-14)6-25-29(23,28-11)27-8(2)3/h7-12,14H,5-6H2,1-4H3,(H2,18,20)/t9-,10?,11-,12?,14-,16-,29+/m1/s1. The van der Waals surface area contributed by atoms with Gasteiger partial charge in [0, 0.05) is 0 Å². The van der Waals surface area contributed by atoms with Crippen molar-refractivity contribution in [1.82, 2.24) is 4.90 Å². The molecule has 0 bridgehead atoms. The molecule has 0 spiro atoms. The van der Waals surface area contributed by atoms with Crippen molar-refractivity contribution in [3.8, 4) is 0 Å². The van der Waals surface area contributed by atoms with Crippen LogP contribution in [-0.2, 0) is 27.6 Å². The number of guanidine groups is 1. The molecule has 2 N–H and O–H groups in total. The quantitative estimate of drug-likeness (QED) is 0.655. The lowest BCUT2D eigenvalue weighted by atomic mass is 9.97. The van der Waals surface area contributed by atoms with Gasteiger partial charge in [-0.3, -0.25) is 18.6 Å². The van der Waals surface area contributed by atoms with E-state index in [0.717, 1.165) is 0 Å². The second-order valence-corrected chi connectivity index (χ2v) is 9.12. The average Bonchev–Trinajstić information content (AvgIpc) is 3.13. The van der Waals surface area contributed by atoms with Crippen LogP contribution in [0.25, 0.3) is 0 Å². The highest BCUT2D eigenvalue weighted by atomic mass is 31.2. The highest BCUT2D eigenvalue weighted by Crippen LogP contribution is 2.59. The first kappa shape index (κ1) is 20.7. The molecule has 2 saturated heterocycles. The number of phosphoric acid groups is 1. The number of hydrogen-bond acceptors (Lipinski definition) is 11. The Labute approximate surface area is 167 Å². The fourth-order valence-electron chi connectivity index (χ4n) is 3.77. The number of nitrogens with zero attached hydrogens (tertiary/aromatic N) is 4. The van der Waals surface area contributed by atoms with Crippen LogP contribution in [0, 0.1) is 0 Å². The molecule has 162 valence electrons. The zero-order valence-corrected chi connectivity index (χ0v) is 17.5. The second-order valence-electron chi connectivity index (χ2n) is 7.54. The normalized spacial score (nSPS) is 43.8. The Hall–Kier alpha value is -1.59. The number of aliphatic imine (C=N–C) groups is 3. The first-order valence-electron chi connectivity index (χ1n) is 9.45. The van der Waals surface area contributed by atoms with Crippen molar-refractivity contribution in [3.05, 3.63) is 0 Å². The molecule has 29 heavy (non-hydrogen) atoms. The second kappa shape index (κ2) is 7.28. The molecule has 13 heteroatoms. The maximum atomic E-state index is 15.9. The van der Waals surface area contributed by atoms with Gasteiger partial charge in [0.15, 0.2) is 24.1 Å². The van der Waals surface area contributed by atoms with Crippen molar-refractivity contribution < 1.29 is 32.0 Å². The molecule has 0 radical (unpaired) electrons. The lowest BCUT2D eigenvalue weighted by Gasteiger charge is -2.37. The molecule has 4 heterocycles. The fourth-order valence-corrected chi connectivity index (χ4v) is 5.41. The van der Waals surface area contributed by atoms with E-state index in [1.54, 1.807) is 13.8 Å². The van der Waals surface area contributed by atoms with E-state index in [0.29, 0.717) is 12.5 Å². The molecular formula is C16H25FN5O6P. The van der Waals surface area contributed by atoms with Crippen molar-refractivity contribution in [2.75, 3.05) is 13.2 Å². The Morgan fingerprint density at radius 2 is 2.28 bits per heavy atom. The van der Waals surface area contributed by atoms with Gasteiger partial charge in [0.1, 0.15) is 12.2 Å². The number of hydrogen-bond donors (Lipinski definition) is 1. The van der Waals surface area contributed by atoms with Crippen molar-refractivity contribution >= 4 is 26.0 Å². The maximum absolute atomic E-state index is 15.9. The van der Waals surface area contributed by atoms with Crippen LogP contribution in [0.1, 0.15) is 27.7 Å². The van der Waals surface area contributed by atoms with E-state index in [1.165, 1.54) is 18.2 Å². The summed E-state index contributed by atoms with van der Waals surface area (Å²) in [5.41, 5.74) is 3.75. The lowest BCUT2D eigenvalue weighted by Crippen LogP contribution is -2.55. The molecule has 11 nitrogen and oxygen atoms in total. The predicted octanol–water partition coefficient (Wildman–Crippen LogP) is 1.19. The van der Waals surface area contributed by atoms with E-state index in [1.807, 2.05) is 6.92 Å². The molecular weight excluding hydrogens is 408 g/mol. The van der Waals surface area contributed by atoms with E-state index in [4.69, 9.17) is 28.8 Å². The van der Waals surface area contributed by atoms with Gasteiger partial charge in [-0.15, -0.1) is 0 Å². The zero-order chi connectivity index (χ0) is 21.0. The largest absolute Gasteiger partial charge is 0.479 e. The molecule has 0 amide bonds. The summed E-state index contributed by atoms with van der Waals surface area (Å²) in [6.07, 6.45) is -2.69. The third-order valence-corrected chi connectivity index (χ3v) is 6.54. The molecule has 0 aromatic rings. The van der Waals surface area contributed by atoms with Gasteiger partial charge in [0.05, 0.1) is 25.7 Å². The Bertz CT molecular complexity index is 805. The predicted molar refractivity (Wildman–Crippen MR) is 101 cm³/mol. The van der Waals surface area contributed by atoms with Gasteiger partial charge in [-0.25, -0.2) is 13.9 Å². The van der Waals surface area contributed by atoms with E-state index < -0.39 is 50.2 Å². The minimum atomic E-state index is -3.89. The fraction of sp³-hybridized carbons (Fsp3) is 0.812. The highest BCUT2D eigenvalue weighted by molar-refractivity contribution is 7.48. The molecule has 4 aliphatic rings. The van der Waals surface area contributed by atoms with Crippen LogP contribution in [0.3, 0.4) is 0 Å². The summed E-state index contributed by atoms with van der Waals surface area (Å²) in [6, 6.07) is -0.559. The lowest BCUT2D eigenvalue weighted by molar-refractivity contribution is -0.0892. The molecule has 4 aliphatic heterocycles. The summed E-state index contributed by atoms with van der Waals surface area (Å²) in [5, 5.41) is 0. The molecule has 2 unspecified atom stereocenters. The van der Waals surface area contributed by atoms with Crippen molar-refractivity contribution in [2.45, 2.75) is 70.1 Å². The van der Waals surface area contributed by atoms with Gasteiger partial charge in [-0.1, -0.05) is 0 Å². The van der Waals surface area contributed by atoms with Gasteiger partial charge in [-0.2, -0.15) is 4.99 Å². The first-order valence-corrected chi connectivity index (χ1v) is 10.9.